The Morgan fingerprint density at radius 2 is 0.819 bits per heavy atom. The van der Waals surface area contributed by atoms with Crippen molar-refractivity contribution in [2.24, 2.45) is 0 Å². The summed E-state index contributed by atoms with van der Waals surface area (Å²) in [6, 6.07) is 99.0. The molecule has 1 heterocycles. The van der Waals surface area contributed by atoms with Gasteiger partial charge in [-0.1, -0.05) is 214 Å². The summed E-state index contributed by atoms with van der Waals surface area (Å²) in [6.07, 6.45) is 0. The molecule has 0 N–H and O–H groups in total. The second kappa shape index (κ2) is 16.3. The number of anilines is 3. The quantitative estimate of drug-likeness (QED) is 0.147. The molecule has 12 aromatic rings. The van der Waals surface area contributed by atoms with Gasteiger partial charge in [-0.15, -0.1) is 0 Å². The van der Waals surface area contributed by atoms with Gasteiger partial charge in [0.05, 0.1) is 16.4 Å². The van der Waals surface area contributed by atoms with Crippen molar-refractivity contribution in [1.82, 2.24) is 4.57 Å². The first-order valence-electron chi connectivity index (χ1n) is 25.2. The largest absolute Gasteiger partial charge is 0.310 e. The molecule has 11 aromatic carbocycles. The van der Waals surface area contributed by atoms with Crippen LogP contribution in [0.4, 0.5) is 17.1 Å². The molecule has 340 valence electrons. The normalized spacial score (nSPS) is 13.6. The predicted octanol–water partition coefficient (Wildman–Crippen LogP) is 18.3. The number of hydrogen-bond donors (Lipinski definition) is 0. The molecule has 0 aliphatic heterocycles. The summed E-state index contributed by atoms with van der Waals surface area (Å²) in [5.41, 5.74) is 24.1. The van der Waals surface area contributed by atoms with Crippen LogP contribution >= 0.6 is 0 Å². The van der Waals surface area contributed by atoms with Gasteiger partial charge < -0.3 is 9.47 Å². The Hall–Kier alpha value is -8.98. The van der Waals surface area contributed by atoms with Crippen molar-refractivity contribution in [2.75, 3.05) is 4.90 Å². The highest BCUT2D eigenvalue weighted by molar-refractivity contribution is 6.10. The molecule has 0 saturated heterocycles. The molecule has 0 atom stereocenters. The zero-order valence-corrected chi connectivity index (χ0v) is 40.3. The third-order valence-electron chi connectivity index (χ3n) is 15.8. The van der Waals surface area contributed by atoms with Crippen molar-refractivity contribution < 1.29 is 0 Å². The fourth-order valence-corrected chi connectivity index (χ4v) is 12.6. The maximum Gasteiger partial charge on any atom is 0.0714 e. The van der Waals surface area contributed by atoms with Crippen molar-refractivity contribution >= 4 is 38.9 Å². The summed E-state index contributed by atoms with van der Waals surface area (Å²) in [5, 5.41) is 2.48. The van der Waals surface area contributed by atoms with Gasteiger partial charge >= 0.3 is 0 Å². The number of para-hydroxylation sites is 2. The van der Waals surface area contributed by atoms with E-state index in [2.05, 4.69) is 290 Å². The average Bonchev–Trinajstić information content (AvgIpc) is 4.02. The van der Waals surface area contributed by atoms with E-state index in [0.717, 1.165) is 22.7 Å². The molecule has 0 saturated carbocycles. The zero-order valence-electron chi connectivity index (χ0n) is 40.3. The topological polar surface area (TPSA) is 8.17 Å². The Balaban J connectivity index is 0.884. The molecular formula is C70H50N2. The van der Waals surface area contributed by atoms with Crippen molar-refractivity contribution in [1.29, 1.82) is 0 Å². The molecule has 2 nitrogen and oxygen atoms in total. The Morgan fingerprint density at radius 1 is 0.306 bits per heavy atom. The Bertz CT molecular complexity index is 4030. The van der Waals surface area contributed by atoms with Gasteiger partial charge in [-0.25, -0.2) is 0 Å². The van der Waals surface area contributed by atoms with Crippen molar-refractivity contribution in [3.63, 3.8) is 0 Å². The molecule has 0 spiro atoms. The molecule has 2 aliphatic rings. The minimum atomic E-state index is -0.491. The molecule has 0 fully saturated rings. The van der Waals surface area contributed by atoms with E-state index in [1.165, 1.54) is 99.7 Å². The van der Waals surface area contributed by atoms with Gasteiger partial charge in [0, 0.05) is 38.9 Å². The Morgan fingerprint density at radius 3 is 1.56 bits per heavy atom. The number of nitrogens with zero attached hydrogens (tertiary/aromatic N) is 2. The smallest absolute Gasteiger partial charge is 0.0714 e. The lowest BCUT2D eigenvalue weighted by Gasteiger charge is -2.34. The molecular weight excluding hydrogens is 869 g/mol. The lowest BCUT2D eigenvalue weighted by atomic mass is 9.67. The standard InChI is InChI=1S/C70H50N2/c1-69(2)63-33-15-12-30-57(63)59-40-37-55(45-65(59)69)71(53-27-10-5-11-28-53)54-29-19-22-49(43-54)47-20-18-21-48(42-47)50-36-39-62-61-32-14-17-35-67(61)72(68(62)44-50)56-38-41-60-58-31-13-16-34-64(58)70(66(60)46-56,51-23-6-3-7-24-51)52-25-8-4-9-26-52/h3-46H,1-2H3. The highest BCUT2D eigenvalue weighted by atomic mass is 15.1. The summed E-state index contributed by atoms with van der Waals surface area (Å²) in [7, 11) is 0. The maximum atomic E-state index is 2.49. The second-order valence-electron chi connectivity index (χ2n) is 20.0. The molecule has 2 aliphatic carbocycles. The van der Waals surface area contributed by atoms with E-state index in [9.17, 15) is 0 Å². The Labute approximate surface area is 421 Å². The SMILES string of the molecule is CC1(C)c2ccccc2-c2ccc(N(c3ccccc3)c3cccc(-c4cccc(-c5ccc6c7ccccc7n(-c7ccc8c(c7)C(c7ccccc7)(c7ccccc7)c7ccccc7-8)c6c5)c4)c3)cc21. The Kier molecular flexibility index (Phi) is 9.50. The third kappa shape index (κ3) is 6.28. The molecule has 0 radical (unpaired) electrons. The number of hydrogen-bond acceptors (Lipinski definition) is 1. The minimum Gasteiger partial charge on any atom is -0.310 e. The monoisotopic (exact) mass is 918 g/mol. The van der Waals surface area contributed by atoms with Gasteiger partial charge in [-0.05, 0) is 145 Å². The van der Waals surface area contributed by atoms with E-state index in [4.69, 9.17) is 0 Å². The van der Waals surface area contributed by atoms with Gasteiger partial charge in [-0.2, -0.15) is 0 Å². The lowest BCUT2D eigenvalue weighted by Crippen LogP contribution is -2.28. The van der Waals surface area contributed by atoms with E-state index in [1.54, 1.807) is 0 Å². The second-order valence-corrected chi connectivity index (χ2v) is 20.0. The fourth-order valence-electron chi connectivity index (χ4n) is 12.6. The molecule has 72 heavy (non-hydrogen) atoms. The summed E-state index contributed by atoms with van der Waals surface area (Å²) in [6.45, 7) is 4.71. The number of fused-ring (bicyclic) bond motifs is 9. The van der Waals surface area contributed by atoms with Crippen LogP contribution in [0.15, 0.2) is 267 Å². The van der Waals surface area contributed by atoms with Crippen LogP contribution in [0.25, 0.3) is 72.0 Å². The molecule has 0 unspecified atom stereocenters. The first-order valence-corrected chi connectivity index (χ1v) is 25.2. The van der Waals surface area contributed by atoms with Crippen LogP contribution in [0, 0.1) is 0 Å². The van der Waals surface area contributed by atoms with Crippen LogP contribution in [0.2, 0.25) is 0 Å². The van der Waals surface area contributed by atoms with Crippen LogP contribution in [0.5, 0.6) is 0 Å². The summed E-state index contributed by atoms with van der Waals surface area (Å²) >= 11 is 0. The van der Waals surface area contributed by atoms with Crippen LogP contribution in [0.1, 0.15) is 47.2 Å². The van der Waals surface area contributed by atoms with Gasteiger partial charge in [-0.3, -0.25) is 0 Å². The minimum absolute atomic E-state index is 0.103. The number of benzene rings is 11. The molecule has 14 rings (SSSR count). The summed E-state index contributed by atoms with van der Waals surface area (Å²) < 4.78 is 2.49. The summed E-state index contributed by atoms with van der Waals surface area (Å²) in [5.74, 6) is 0. The van der Waals surface area contributed by atoms with E-state index >= 15 is 0 Å². The van der Waals surface area contributed by atoms with Crippen molar-refractivity contribution in [3.8, 4) is 50.2 Å². The van der Waals surface area contributed by atoms with Gasteiger partial charge in [0.15, 0.2) is 0 Å². The average molecular weight is 919 g/mol. The van der Waals surface area contributed by atoms with Gasteiger partial charge in [0.1, 0.15) is 0 Å². The molecule has 2 heteroatoms. The van der Waals surface area contributed by atoms with Crippen LogP contribution in [-0.4, -0.2) is 4.57 Å². The van der Waals surface area contributed by atoms with Crippen molar-refractivity contribution in [3.05, 3.63) is 300 Å². The zero-order chi connectivity index (χ0) is 48.0. The third-order valence-corrected chi connectivity index (χ3v) is 15.8. The predicted molar refractivity (Wildman–Crippen MR) is 301 cm³/mol. The maximum absolute atomic E-state index is 2.49. The van der Waals surface area contributed by atoms with Crippen molar-refractivity contribution in [2.45, 2.75) is 24.7 Å². The molecule has 0 bridgehead atoms. The van der Waals surface area contributed by atoms with Gasteiger partial charge in [0.2, 0.25) is 0 Å². The fraction of sp³-hybridized carbons (Fsp3) is 0.0571. The summed E-state index contributed by atoms with van der Waals surface area (Å²) in [4.78, 5) is 2.40. The van der Waals surface area contributed by atoms with E-state index in [0.29, 0.717) is 0 Å². The van der Waals surface area contributed by atoms with E-state index in [1.807, 2.05) is 0 Å². The van der Waals surface area contributed by atoms with Gasteiger partial charge in [0.25, 0.3) is 0 Å². The van der Waals surface area contributed by atoms with E-state index < -0.39 is 5.41 Å². The lowest BCUT2D eigenvalue weighted by molar-refractivity contribution is 0.660. The number of rotatable bonds is 8. The highest BCUT2D eigenvalue weighted by Gasteiger charge is 2.46. The first kappa shape index (κ1) is 41.9. The highest BCUT2D eigenvalue weighted by Crippen LogP contribution is 2.57. The van der Waals surface area contributed by atoms with Crippen LogP contribution in [-0.2, 0) is 10.8 Å². The molecule has 1 aromatic heterocycles. The molecule has 0 amide bonds. The van der Waals surface area contributed by atoms with Crippen LogP contribution < -0.4 is 4.90 Å². The van der Waals surface area contributed by atoms with Crippen LogP contribution in [0.3, 0.4) is 0 Å². The first-order chi connectivity index (χ1) is 35.5. The number of aromatic nitrogens is 1. The van der Waals surface area contributed by atoms with E-state index in [-0.39, 0.29) is 5.41 Å².